The molecular formula is C17H17NaO5. The Labute approximate surface area is 155 Å². The van der Waals surface area contributed by atoms with Crippen LogP contribution in [0.1, 0.15) is 54.8 Å². The van der Waals surface area contributed by atoms with E-state index in [1.807, 2.05) is 13.8 Å². The summed E-state index contributed by atoms with van der Waals surface area (Å²) in [5.41, 5.74) is 1.14. The maximum atomic E-state index is 12.2. The number of benzene rings is 1. The largest absolute Gasteiger partial charge is 1.00 e. The summed E-state index contributed by atoms with van der Waals surface area (Å²) in [6, 6.07) is 2.71. The summed E-state index contributed by atoms with van der Waals surface area (Å²) in [6.07, 6.45) is 0.841. The van der Waals surface area contributed by atoms with Crippen LogP contribution in [0.15, 0.2) is 21.3 Å². The van der Waals surface area contributed by atoms with Gasteiger partial charge in [-0.1, -0.05) is 6.92 Å². The van der Waals surface area contributed by atoms with Gasteiger partial charge in [-0.2, -0.15) is 0 Å². The van der Waals surface area contributed by atoms with Crippen molar-refractivity contribution in [2.24, 2.45) is 0 Å². The molecule has 1 aromatic carbocycles. The molecule has 5 nitrogen and oxygen atoms in total. The zero-order chi connectivity index (χ0) is 16.2. The number of carboxylic acid groups (broad SMARTS) is 1. The zero-order valence-electron chi connectivity index (χ0n) is 14.0. The van der Waals surface area contributed by atoms with Gasteiger partial charge in [-0.3, -0.25) is 4.79 Å². The minimum Gasteiger partial charge on any atom is -0.542 e. The van der Waals surface area contributed by atoms with Crippen molar-refractivity contribution in [1.29, 1.82) is 0 Å². The van der Waals surface area contributed by atoms with Crippen LogP contribution >= 0.6 is 0 Å². The predicted octanol–water partition coefficient (Wildman–Crippen LogP) is -0.866. The molecule has 1 aliphatic rings. The number of ether oxygens (including phenoxy) is 1. The Morgan fingerprint density at radius 2 is 2.00 bits per heavy atom. The molecule has 1 atom stereocenters. The standard InChI is InChI=1S/C17H18O5.Na/c1-8-7-17(3,4)22-15-9(2)14-11(5-10(8)15)12(18)6-13(21-14)16(19)20;/h5-6,8H,7H2,1-4H3,(H,19,20);/q;+1/p-1. The topological polar surface area (TPSA) is 79.6 Å². The van der Waals surface area contributed by atoms with Gasteiger partial charge >= 0.3 is 29.6 Å². The molecule has 0 N–H and O–H groups in total. The summed E-state index contributed by atoms with van der Waals surface area (Å²) in [7, 11) is 0. The van der Waals surface area contributed by atoms with Crippen LogP contribution in [0.5, 0.6) is 5.75 Å². The van der Waals surface area contributed by atoms with Gasteiger partial charge in [0, 0.05) is 11.6 Å². The van der Waals surface area contributed by atoms with Crippen LogP contribution in [0.4, 0.5) is 0 Å². The first-order valence-electron chi connectivity index (χ1n) is 7.21. The summed E-state index contributed by atoms with van der Waals surface area (Å²) in [6.45, 7) is 7.87. The smallest absolute Gasteiger partial charge is 0.542 e. The van der Waals surface area contributed by atoms with E-state index in [1.54, 1.807) is 13.0 Å². The Balaban J connectivity index is 0.00000192. The van der Waals surface area contributed by atoms with Crippen LogP contribution in [0.2, 0.25) is 0 Å². The van der Waals surface area contributed by atoms with E-state index >= 15 is 0 Å². The Kier molecular flexibility index (Phi) is 4.68. The number of carboxylic acids is 1. The third-order valence-electron chi connectivity index (χ3n) is 4.14. The second kappa shape index (κ2) is 5.96. The first-order valence-corrected chi connectivity index (χ1v) is 7.21. The summed E-state index contributed by atoms with van der Waals surface area (Å²) < 4.78 is 11.4. The van der Waals surface area contributed by atoms with Crippen LogP contribution in [-0.2, 0) is 0 Å². The minimum atomic E-state index is -1.51. The van der Waals surface area contributed by atoms with Crippen molar-refractivity contribution >= 4 is 16.9 Å². The molecule has 0 bridgehead atoms. The van der Waals surface area contributed by atoms with E-state index < -0.39 is 11.7 Å². The number of carbonyl (C=O) groups is 1. The molecule has 23 heavy (non-hydrogen) atoms. The molecule has 1 aromatic heterocycles. The first kappa shape index (κ1) is 18.0. The quantitative estimate of drug-likeness (QED) is 0.638. The molecule has 0 saturated heterocycles. The molecule has 1 aliphatic heterocycles. The van der Waals surface area contributed by atoms with E-state index in [2.05, 4.69) is 6.92 Å². The monoisotopic (exact) mass is 324 g/mol. The average molecular weight is 324 g/mol. The fraction of sp³-hybridized carbons (Fsp3) is 0.412. The molecule has 0 amide bonds. The molecule has 6 heteroatoms. The Hall–Kier alpha value is -1.30. The Morgan fingerprint density at radius 3 is 2.61 bits per heavy atom. The second-order valence-electron chi connectivity index (χ2n) is 6.53. The summed E-state index contributed by atoms with van der Waals surface area (Å²) in [5.74, 6) is -1.06. The second-order valence-corrected chi connectivity index (χ2v) is 6.53. The summed E-state index contributed by atoms with van der Waals surface area (Å²) in [4.78, 5) is 23.2. The molecule has 2 heterocycles. The van der Waals surface area contributed by atoms with Gasteiger partial charge < -0.3 is 19.1 Å². The number of fused-ring (bicyclic) bond motifs is 2. The number of aromatic carboxylic acids is 1. The molecule has 2 aromatic rings. The molecule has 0 saturated carbocycles. The molecule has 1 unspecified atom stereocenters. The summed E-state index contributed by atoms with van der Waals surface area (Å²) in [5, 5.41) is 11.3. The van der Waals surface area contributed by atoms with Crippen molar-refractivity contribution in [3.8, 4) is 5.75 Å². The van der Waals surface area contributed by atoms with Gasteiger partial charge in [0.05, 0.1) is 5.39 Å². The van der Waals surface area contributed by atoms with Gasteiger partial charge in [-0.25, -0.2) is 0 Å². The van der Waals surface area contributed by atoms with Crippen LogP contribution in [0.3, 0.4) is 0 Å². The van der Waals surface area contributed by atoms with Gasteiger partial charge in [-0.05, 0) is 44.7 Å². The third-order valence-corrected chi connectivity index (χ3v) is 4.14. The number of hydrogen-bond acceptors (Lipinski definition) is 5. The summed E-state index contributed by atoms with van der Waals surface area (Å²) >= 11 is 0. The van der Waals surface area contributed by atoms with Gasteiger partial charge in [-0.15, -0.1) is 0 Å². The van der Waals surface area contributed by atoms with E-state index in [9.17, 15) is 14.7 Å². The van der Waals surface area contributed by atoms with E-state index in [-0.39, 0.29) is 52.1 Å². The molecule has 0 radical (unpaired) electrons. The van der Waals surface area contributed by atoms with Crippen molar-refractivity contribution < 1.29 is 48.6 Å². The number of carbonyl (C=O) groups excluding carboxylic acids is 1. The van der Waals surface area contributed by atoms with Gasteiger partial charge in [0.2, 0.25) is 0 Å². The average Bonchev–Trinajstić information content (AvgIpc) is 2.40. The Bertz CT molecular complexity index is 850. The number of hydrogen-bond donors (Lipinski definition) is 0. The van der Waals surface area contributed by atoms with Crippen molar-refractivity contribution in [1.82, 2.24) is 0 Å². The fourth-order valence-corrected chi connectivity index (χ4v) is 3.23. The van der Waals surface area contributed by atoms with Crippen LogP contribution < -0.4 is 44.8 Å². The van der Waals surface area contributed by atoms with Gasteiger partial charge in [0.1, 0.15) is 22.9 Å². The van der Waals surface area contributed by atoms with Crippen molar-refractivity contribution in [2.45, 2.75) is 45.6 Å². The molecule has 0 aliphatic carbocycles. The van der Waals surface area contributed by atoms with Crippen molar-refractivity contribution in [2.75, 3.05) is 0 Å². The molecule has 0 spiro atoms. The van der Waals surface area contributed by atoms with Gasteiger partial charge in [0.15, 0.2) is 11.2 Å². The van der Waals surface area contributed by atoms with Crippen molar-refractivity contribution in [3.63, 3.8) is 0 Å². The molecule has 0 fully saturated rings. The molecular weight excluding hydrogens is 307 g/mol. The Morgan fingerprint density at radius 1 is 1.35 bits per heavy atom. The van der Waals surface area contributed by atoms with E-state index in [0.717, 1.165) is 18.1 Å². The van der Waals surface area contributed by atoms with Crippen LogP contribution in [0.25, 0.3) is 11.0 Å². The third kappa shape index (κ3) is 3.05. The maximum Gasteiger partial charge on any atom is 1.00 e. The molecule has 116 valence electrons. The number of aryl methyl sites for hydroxylation is 1. The maximum absolute atomic E-state index is 12.2. The van der Waals surface area contributed by atoms with Crippen LogP contribution in [-0.4, -0.2) is 11.6 Å². The number of rotatable bonds is 1. The molecule has 3 rings (SSSR count). The van der Waals surface area contributed by atoms with E-state index in [4.69, 9.17) is 9.15 Å². The predicted molar refractivity (Wildman–Crippen MR) is 79.3 cm³/mol. The minimum absolute atomic E-state index is 0. The SMILES string of the molecule is Cc1c2c(cc3c(=O)cc(C(=O)[O-])oc13)C(C)CC(C)(C)O2.[Na+]. The van der Waals surface area contributed by atoms with E-state index in [1.165, 1.54) is 0 Å². The normalized spacial score (nSPS) is 18.7. The van der Waals surface area contributed by atoms with Crippen molar-refractivity contribution in [3.05, 3.63) is 39.2 Å². The fourth-order valence-electron chi connectivity index (χ4n) is 3.23. The van der Waals surface area contributed by atoms with E-state index in [0.29, 0.717) is 16.7 Å². The van der Waals surface area contributed by atoms with Gasteiger partial charge in [0.25, 0.3) is 0 Å². The zero-order valence-corrected chi connectivity index (χ0v) is 16.0. The first-order chi connectivity index (χ1) is 10.2. The van der Waals surface area contributed by atoms with Crippen LogP contribution in [0, 0.1) is 6.92 Å².